The largest absolute Gasteiger partial charge is 1.00 e. The van der Waals surface area contributed by atoms with E-state index in [4.69, 9.17) is 0 Å². The van der Waals surface area contributed by atoms with Gasteiger partial charge >= 0.3 is 0 Å². The number of hydrogen-bond acceptors (Lipinski definition) is 4. The number of rotatable bonds is 8. The molecule has 29 heavy (non-hydrogen) atoms. The molecular weight excluding hydrogens is 384 g/mol. The molecule has 0 aliphatic carbocycles. The standard InChI is InChI=1S/C23H28N4O.ClH/c1-5-27(6-2)21-12-13-22(17(3)14-21)25-16-20(15-24)23(28)26-18(4)19-10-8-7-9-11-19;/h7-14,16,18,25H,5-6H2,1-4H3,(H,26,28);1H/p-1/b20-16-;. The first-order valence-corrected chi connectivity index (χ1v) is 9.58. The Hall–Kier alpha value is -2.97. The van der Waals surface area contributed by atoms with Crippen molar-refractivity contribution in [3.63, 3.8) is 0 Å². The highest BCUT2D eigenvalue weighted by molar-refractivity contribution is 5.97. The maximum absolute atomic E-state index is 12.4. The van der Waals surface area contributed by atoms with Gasteiger partial charge in [-0.3, -0.25) is 4.79 Å². The van der Waals surface area contributed by atoms with Crippen LogP contribution in [0.2, 0.25) is 0 Å². The van der Waals surface area contributed by atoms with Crippen molar-refractivity contribution in [2.24, 2.45) is 0 Å². The van der Waals surface area contributed by atoms with E-state index >= 15 is 0 Å². The summed E-state index contributed by atoms with van der Waals surface area (Å²) in [6.07, 6.45) is 1.46. The van der Waals surface area contributed by atoms with Crippen LogP contribution in [0.5, 0.6) is 0 Å². The van der Waals surface area contributed by atoms with E-state index in [-0.39, 0.29) is 24.0 Å². The van der Waals surface area contributed by atoms with Gasteiger partial charge in [0.05, 0.1) is 6.04 Å². The Morgan fingerprint density at radius 3 is 2.38 bits per heavy atom. The van der Waals surface area contributed by atoms with Crippen molar-refractivity contribution >= 4 is 17.3 Å². The zero-order chi connectivity index (χ0) is 20.5. The number of carbonyl (C=O) groups excluding carboxylic acids is 1. The number of nitriles is 1. The topological polar surface area (TPSA) is 68.2 Å². The number of amides is 1. The van der Waals surface area contributed by atoms with E-state index in [1.54, 1.807) is 0 Å². The van der Waals surface area contributed by atoms with Crippen LogP contribution < -0.4 is 27.9 Å². The molecule has 0 aromatic heterocycles. The summed E-state index contributed by atoms with van der Waals surface area (Å²) in [5, 5.41) is 15.3. The van der Waals surface area contributed by atoms with Crippen LogP contribution >= 0.6 is 0 Å². The molecule has 0 radical (unpaired) electrons. The number of hydrogen-bond donors (Lipinski definition) is 2. The summed E-state index contributed by atoms with van der Waals surface area (Å²) in [5.74, 6) is -0.399. The lowest BCUT2D eigenvalue weighted by Crippen LogP contribution is -3.00. The van der Waals surface area contributed by atoms with E-state index in [9.17, 15) is 10.1 Å². The maximum atomic E-state index is 12.4. The number of nitrogens with zero attached hydrogens (tertiary/aromatic N) is 2. The fraction of sp³-hybridized carbons (Fsp3) is 0.304. The van der Waals surface area contributed by atoms with Gasteiger partial charge < -0.3 is 27.9 Å². The molecule has 2 aromatic rings. The molecule has 0 saturated carbocycles. The average Bonchev–Trinajstić information content (AvgIpc) is 2.71. The molecule has 1 amide bonds. The molecule has 1 unspecified atom stereocenters. The lowest BCUT2D eigenvalue weighted by molar-refractivity contribution is -0.117. The molecule has 0 heterocycles. The monoisotopic (exact) mass is 411 g/mol. The molecule has 0 spiro atoms. The second-order valence-electron chi connectivity index (χ2n) is 6.59. The molecule has 0 fully saturated rings. The van der Waals surface area contributed by atoms with Crippen molar-refractivity contribution in [1.29, 1.82) is 5.26 Å². The fourth-order valence-electron chi connectivity index (χ4n) is 2.99. The highest BCUT2D eigenvalue weighted by Crippen LogP contribution is 2.23. The van der Waals surface area contributed by atoms with Crippen LogP contribution in [0.4, 0.5) is 11.4 Å². The Labute approximate surface area is 179 Å². The quantitative estimate of drug-likeness (QED) is 0.510. The molecule has 2 rings (SSSR count). The molecule has 154 valence electrons. The van der Waals surface area contributed by atoms with Crippen LogP contribution in [-0.4, -0.2) is 19.0 Å². The van der Waals surface area contributed by atoms with Crippen LogP contribution in [0.25, 0.3) is 0 Å². The molecular formula is C23H28ClN4O-. The van der Waals surface area contributed by atoms with Crippen molar-refractivity contribution in [3.05, 3.63) is 71.4 Å². The molecule has 5 nitrogen and oxygen atoms in total. The van der Waals surface area contributed by atoms with E-state index in [0.717, 1.165) is 35.6 Å². The van der Waals surface area contributed by atoms with E-state index in [2.05, 4.69) is 35.4 Å². The highest BCUT2D eigenvalue weighted by atomic mass is 35.5. The Kier molecular flexibility index (Phi) is 9.78. The van der Waals surface area contributed by atoms with E-state index < -0.39 is 5.91 Å². The van der Waals surface area contributed by atoms with Crippen molar-refractivity contribution < 1.29 is 17.2 Å². The minimum absolute atomic E-state index is 0. The van der Waals surface area contributed by atoms with E-state index in [0.29, 0.717) is 0 Å². The summed E-state index contributed by atoms with van der Waals surface area (Å²) in [6.45, 7) is 10.0. The summed E-state index contributed by atoms with van der Waals surface area (Å²) in [4.78, 5) is 14.7. The highest BCUT2D eigenvalue weighted by Gasteiger charge is 2.14. The van der Waals surface area contributed by atoms with Gasteiger partial charge in [0.2, 0.25) is 0 Å². The maximum Gasteiger partial charge on any atom is 0.263 e. The average molecular weight is 412 g/mol. The van der Waals surface area contributed by atoms with Crippen molar-refractivity contribution in [1.82, 2.24) is 5.32 Å². The van der Waals surface area contributed by atoms with E-state index in [1.165, 1.54) is 6.20 Å². The minimum Gasteiger partial charge on any atom is -1.00 e. The van der Waals surface area contributed by atoms with Gasteiger partial charge in [0.15, 0.2) is 0 Å². The second-order valence-corrected chi connectivity index (χ2v) is 6.59. The van der Waals surface area contributed by atoms with Crippen LogP contribution in [0.1, 0.15) is 37.9 Å². The Morgan fingerprint density at radius 2 is 1.83 bits per heavy atom. The summed E-state index contributed by atoms with van der Waals surface area (Å²) in [6, 6.07) is 17.6. The third-order valence-corrected chi connectivity index (χ3v) is 4.72. The van der Waals surface area contributed by atoms with Crippen LogP contribution in [0, 0.1) is 18.3 Å². The fourth-order valence-corrected chi connectivity index (χ4v) is 2.99. The first-order chi connectivity index (χ1) is 13.5. The van der Waals surface area contributed by atoms with E-state index in [1.807, 2.05) is 62.4 Å². The van der Waals surface area contributed by atoms with Crippen molar-refractivity contribution in [2.75, 3.05) is 23.3 Å². The third kappa shape index (κ3) is 6.55. The normalized spacial score (nSPS) is 11.6. The number of carbonyl (C=O) groups is 1. The molecule has 0 saturated heterocycles. The third-order valence-electron chi connectivity index (χ3n) is 4.72. The molecule has 0 aliphatic rings. The summed E-state index contributed by atoms with van der Waals surface area (Å²) in [7, 11) is 0. The number of anilines is 2. The molecule has 1 atom stereocenters. The smallest absolute Gasteiger partial charge is 0.263 e. The predicted octanol–water partition coefficient (Wildman–Crippen LogP) is 1.54. The van der Waals surface area contributed by atoms with Crippen LogP contribution in [0.3, 0.4) is 0 Å². The SMILES string of the molecule is CCN(CC)c1ccc(N/C=C(/C#N)C(=O)NC(C)c2ccccc2)c(C)c1.[Cl-]. The summed E-state index contributed by atoms with van der Waals surface area (Å²) < 4.78 is 0. The second kappa shape index (κ2) is 11.8. The molecule has 0 bridgehead atoms. The number of halogens is 1. The number of benzene rings is 2. The van der Waals surface area contributed by atoms with Gasteiger partial charge in [-0.1, -0.05) is 30.3 Å². The minimum atomic E-state index is -0.399. The number of nitrogens with one attached hydrogen (secondary N) is 2. The summed E-state index contributed by atoms with van der Waals surface area (Å²) >= 11 is 0. The molecule has 0 aliphatic heterocycles. The number of aryl methyl sites for hydroxylation is 1. The van der Waals surface area contributed by atoms with Crippen LogP contribution in [0.15, 0.2) is 60.3 Å². The van der Waals surface area contributed by atoms with Gasteiger partial charge in [-0.05, 0) is 57.0 Å². The first kappa shape index (κ1) is 24.1. The molecule has 2 aromatic carbocycles. The van der Waals surface area contributed by atoms with Gasteiger partial charge in [-0.2, -0.15) is 5.26 Å². The van der Waals surface area contributed by atoms with Gasteiger partial charge in [0.1, 0.15) is 11.6 Å². The summed E-state index contributed by atoms with van der Waals surface area (Å²) in [5.41, 5.74) is 4.11. The molecule has 6 heteroatoms. The first-order valence-electron chi connectivity index (χ1n) is 9.58. The van der Waals surface area contributed by atoms with Gasteiger partial charge in [0.25, 0.3) is 5.91 Å². The zero-order valence-electron chi connectivity index (χ0n) is 17.4. The molecule has 2 N–H and O–H groups in total. The van der Waals surface area contributed by atoms with Gasteiger partial charge in [0, 0.05) is 30.7 Å². The van der Waals surface area contributed by atoms with Crippen LogP contribution in [-0.2, 0) is 4.79 Å². The van der Waals surface area contributed by atoms with Crippen molar-refractivity contribution in [2.45, 2.75) is 33.7 Å². The lowest BCUT2D eigenvalue weighted by Gasteiger charge is -2.22. The predicted molar refractivity (Wildman–Crippen MR) is 115 cm³/mol. The Morgan fingerprint density at radius 1 is 1.17 bits per heavy atom. The van der Waals surface area contributed by atoms with Gasteiger partial charge in [-0.15, -0.1) is 0 Å². The van der Waals surface area contributed by atoms with Crippen molar-refractivity contribution in [3.8, 4) is 6.07 Å². The lowest BCUT2D eigenvalue weighted by atomic mass is 10.1. The zero-order valence-corrected chi connectivity index (χ0v) is 18.1. The van der Waals surface area contributed by atoms with Gasteiger partial charge in [-0.25, -0.2) is 0 Å². The Bertz CT molecular complexity index is 870. The Balaban J connectivity index is 0.00000420.